The van der Waals surface area contributed by atoms with E-state index in [0.717, 1.165) is 40.9 Å². The van der Waals surface area contributed by atoms with Crippen molar-refractivity contribution in [2.24, 2.45) is 21.9 Å². The number of rotatable bonds is 4. The summed E-state index contributed by atoms with van der Waals surface area (Å²) in [7, 11) is 0. The van der Waals surface area contributed by atoms with Crippen LogP contribution in [0.3, 0.4) is 0 Å². The molecule has 144 valence electrons. The Hall–Kier alpha value is -2.67. The van der Waals surface area contributed by atoms with E-state index < -0.39 is 0 Å². The fourth-order valence-corrected chi connectivity index (χ4v) is 5.21. The maximum Gasteiger partial charge on any atom is 0.0994 e. The Morgan fingerprint density at radius 2 is 2.07 bits per heavy atom. The largest absolute Gasteiger partial charge is 0.268 e. The van der Waals surface area contributed by atoms with Gasteiger partial charge in [-0.3, -0.25) is 10.0 Å². The first-order chi connectivity index (χ1) is 13.7. The van der Waals surface area contributed by atoms with Crippen molar-refractivity contribution in [1.29, 1.82) is 5.26 Å². The van der Waals surface area contributed by atoms with E-state index in [1.807, 2.05) is 19.9 Å². The van der Waals surface area contributed by atoms with E-state index in [1.165, 1.54) is 31.4 Å². The molecule has 0 saturated heterocycles. The fourth-order valence-electron chi connectivity index (χ4n) is 5.21. The van der Waals surface area contributed by atoms with Gasteiger partial charge in [-0.15, -0.1) is 0 Å². The Morgan fingerprint density at radius 1 is 1.29 bits per heavy atom. The smallest absolute Gasteiger partial charge is 0.0994 e. The van der Waals surface area contributed by atoms with Crippen LogP contribution >= 0.6 is 0 Å². The van der Waals surface area contributed by atoms with Crippen LogP contribution in [0.15, 0.2) is 51.7 Å². The highest BCUT2D eigenvalue weighted by atomic mass is 15.5. The Morgan fingerprint density at radius 3 is 2.71 bits per heavy atom. The number of fused-ring (bicyclic) bond motifs is 1. The summed E-state index contributed by atoms with van der Waals surface area (Å²) >= 11 is 0. The molecule has 0 aromatic heterocycles. The van der Waals surface area contributed by atoms with Crippen LogP contribution in [-0.2, 0) is 0 Å². The molecule has 0 radical (unpaired) electrons. The molecule has 4 heteroatoms. The molecule has 0 bridgehead atoms. The van der Waals surface area contributed by atoms with Gasteiger partial charge in [0.1, 0.15) is 0 Å². The molecule has 1 fully saturated rings. The average Bonchev–Trinajstić information content (AvgIpc) is 3.35. The molecule has 1 heterocycles. The van der Waals surface area contributed by atoms with Crippen LogP contribution in [0, 0.1) is 30.1 Å². The highest BCUT2D eigenvalue weighted by Crippen LogP contribution is 2.45. The predicted molar refractivity (Wildman–Crippen MR) is 116 cm³/mol. The van der Waals surface area contributed by atoms with Crippen LogP contribution in [0.4, 0.5) is 5.69 Å². The molecule has 1 aliphatic heterocycles. The molecule has 1 saturated carbocycles. The first-order valence-corrected chi connectivity index (χ1v) is 10.4. The number of aryl methyl sites for hydroxylation is 1. The SMILES string of the molecule is C=NC1=C(/C=C\C)C2=NN(c3ccc(C#N)c(C)c3)C(C3CCCC3)C2CC1. The van der Waals surface area contributed by atoms with Crippen LogP contribution in [0.5, 0.6) is 0 Å². The van der Waals surface area contributed by atoms with Crippen LogP contribution < -0.4 is 5.01 Å². The number of anilines is 1. The number of hydrogen-bond donors (Lipinski definition) is 0. The molecule has 0 amide bonds. The van der Waals surface area contributed by atoms with Crippen molar-refractivity contribution in [1.82, 2.24) is 0 Å². The standard InChI is InChI=1S/C24H28N4/c1-4-7-20-22(26-3)13-12-21-23(20)27-28(24(21)17-8-5-6-9-17)19-11-10-18(15-25)16(2)14-19/h4,7,10-11,14,17,21,24H,3,5-6,8-9,12-13H2,1-2H3/b7-4-. The topological polar surface area (TPSA) is 51.8 Å². The molecular weight excluding hydrogens is 344 g/mol. The van der Waals surface area contributed by atoms with Crippen molar-refractivity contribution < 1.29 is 0 Å². The third-order valence-corrected chi connectivity index (χ3v) is 6.54. The van der Waals surface area contributed by atoms with E-state index in [4.69, 9.17) is 5.10 Å². The number of allylic oxidation sites excluding steroid dienone is 4. The number of nitrogens with zero attached hydrogens (tertiary/aromatic N) is 4. The van der Waals surface area contributed by atoms with Crippen molar-refractivity contribution in [3.63, 3.8) is 0 Å². The Labute approximate surface area is 168 Å². The zero-order chi connectivity index (χ0) is 19.7. The number of hydrazone groups is 1. The Balaban J connectivity index is 1.81. The van der Waals surface area contributed by atoms with Crippen LogP contribution in [0.1, 0.15) is 56.6 Å². The molecule has 3 aliphatic rings. The number of nitriles is 1. The van der Waals surface area contributed by atoms with Crippen molar-refractivity contribution in [3.8, 4) is 6.07 Å². The van der Waals surface area contributed by atoms with E-state index in [-0.39, 0.29) is 0 Å². The van der Waals surface area contributed by atoms with E-state index >= 15 is 0 Å². The van der Waals surface area contributed by atoms with Crippen LogP contribution in [-0.4, -0.2) is 18.5 Å². The summed E-state index contributed by atoms with van der Waals surface area (Å²) in [5, 5.41) is 16.7. The zero-order valence-corrected chi connectivity index (χ0v) is 16.9. The van der Waals surface area contributed by atoms with Gasteiger partial charge in [0.2, 0.25) is 0 Å². The van der Waals surface area contributed by atoms with Gasteiger partial charge >= 0.3 is 0 Å². The molecule has 2 unspecified atom stereocenters. The van der Waals surface area contributed by atoms with E-state index in [2.05, 4.69) is 47.1 Å². The number of benzene rings is 1. The first kappa shape index (κ1) is 18.7. The Kier molecular flexibility index (Phi) is 5.17. The molecule has 4 nitrogen and oxygen atoms in total. The molecule has 1 aromatic rings. The van der Waals surface area contributed by atoms with E-state index in [1.54, 1.807) is 0 Å². The molecule has 2 aliphatic carbocycles. The van der Waals surface area contributed by atoms with Crippen molar-refractivity contribution in [2.45, 2.75) is 58.4 Å². The van der Waals surface area contributed by atoms with Crippen molar-refractivity contribution >= 4 is 18.1 Å². The molecule has 1 aromatic carbocycles. The fraction of sp³-hybridized carbons (Fsp3) is 0.458. The molecule has 0 N–H and O–H groups in total. The molecule has 0 spiro atoms. The minimum atomic E-state index is 0.399. The summed E-state index contributed by atoms with van der Waals surface area (Å²) in [5.41, 5.74) is 6.24. The van der Waals surface area contributed by atoms with Crippen LogP contribution in [0.2, 0.25) is 0 Å². The third kappa shape index (κ3) is 3.09. The molecule has 28 heavy (non-hydrogen) atoms. The Bertz CT molecular complexity index is 909. The summed E-state index contributed by atoms with van der Waals surface area (Å²) in [6.07, 6.45) is 11.5. The maximum atomic E-state index is 9.30. The quantitative estimate of drug-likeness (QED) is 0.651. The van der Waals surface area contributed by atoms with E-state index in [9.17, 15) is 5.26 Å². The first-order valence-electron chi connectivity index (χ1n) is 10.4. The third-order valence-electron chi connectivity index (χ3n) is 6.54. The second-order valence-corrected chi connectivity index (χ2v) is 8.14. The maximum absolute atomic E-state index is 9.30. The lowest BCUT2D eigenvalue weighted by Crippen LogP contribution is -2.40. The highest BCUT2D eigenvalue weighted by Gasteiger charge is 2.45. The lowest BCUT2D eigenvalue weighted by molar-refractivity contribution is 0.353. The second-order valence-electron chi connectivity index (χ2n) is 8.14. The number of aliphatic imine (C=N–C) groups is 1. The minimum Gasteiger partial charge on any atom is -0.268 e. The van der Waals surface area contributed by atoms with Gasteiger partial charge in [0.15, 0.2) is 0 Å². The predicted octanol–water partition coefficient (Wildman–Crippen LogP) is 5.54. The molecular formula is C24H28N4. The van der Waals surface area contributed by atoms with Crippen molar-refractivity contribution in [3.05, 3.63) is 52.7 Å². The van der Waals surface area contributed by atoms with Gasteiger partial charge < -0.3 is 0 Å². The summed E-state index contributed by atoms with van der Waals surface area (Å²) in [6.45, 7) is 7.85. The van der Waals surface area contributed by atoms with E-state index in [0.29, 0.717) is 17.9 Å². The normalized spacial score (nSPS) is 25.2. The molecule has 4 rings (SSSR count). The average molecular weight is 373 g/mol. The summed E-state index contributed by atoms with van der Waals surface area (Å²) in [6, 6.07) is 8.78. The second kappa shape index (κ2) is 7.75. The van der Waals surface area contributed by atoms with Gasteiger partial charge in [0.05, 0.1) is 29.1 Å². The summed E-state index contributed by atoms with van der Waals surface area (Å²) in [4.78, 5) is 4.31. The van der Waals surface area contributed by atoms with Gasteiger partial charge in [-0.2, -0.15) is 10.4 Å². The van der Waals surface area contributed by atoms with Gasteiger partial charge in [0, 0.05) is 17.2 Å². The lowest BCUT2D eigenvalue weighted by Gasteiger charge is -2.34. The summed E-state index contributed by atoms with van der Waals surface area (Å²) in [5.74, 6) is 1.11. The minimum absolute atomic E-state index is 0.399. The van der Waals surface area contributed by atoms with Gasteiger partial charge in [-0.1, -0.05) is 25.0 Å². The van der Waals surface area contributed by atoms with Gasteiger partial charge in [-0.25, -0.2) is 0 Å². The number of hydrogen-bond acceptors (Lipinski definition) is 4. The van der Waals surface area contributed by atoms with Crippen LogP contribution in [0.25, 0.3) is 0 Å². The summed E-state index contributed by atoms with van der Waals surface area (Å²) < 4.78 is 0. The lowest BCUT2D eigenvalue weighted by atomic mass is 9.76. The van der Waals surface area contributed by atoms with Gasteiger partial charge in [-0.05, 0) is 75.9 Å². The highest BCUT2D eigenvalue weighted by molar-refractivity contribution is 6.08. The van der Waals surface area contributed by atoms with Gasteiger partial charge in [0.25, 0.3) is 0 Å². The molecule has 2 atom stereocenters. The van der Waals surface area contributed by atoms with Crippen molar-refractivity contribution in [2.75, 3.05) is 5.01 Å². The zero-order valence-electron chi connectivity index (χ0n) is 16.9. The monoisotopic (exact) mass is 372 g/mol.